The minimum absolute atomic E-state index is 0.0716. The Hall–Kier alpha value is -1.68. The molecule has 0 atom stereocenters. The number of rotatable bonds is 3. The van der Waals surface area contributed by atoms with Crippen molar-refractivity contribution in [2.24, 2.45) is 0 Å². The first kappa shape index (κ1) is 14.7. The van der Waals surface area contributed by atoms with Crippen molar-refractivity contribution in [3.63, 3.8) is 0 Å². The van der Waals surface area contributed by atoms with Crippen LogP contribution < -0.4 is 0 Å². The lowest BCUT2D eigenvalue weighted by Crippen LogP contribution is -2.25. The third-order valence-corrected chi connectivity index (χ3v) is 4.11. The maximum Gasteiger partial charge on any atom is 0.263 e. The van der Waals surface area contributed by atoms with Crippen LogP contribution >= 0.6 is 11.3 Å². The second-order valence-corrected chi connectivity index (χ2v) is 6.88. The highest BCUT2D eigenvalue weighted by Crippen LogP contribution is 2.27. The Morgan fingerprint density at radius 1 is 1.30 bits per heavy atom. The predicted molar refractivity (Wildman–Crippen MR) is 83.1 cm³/mol. The average Bonchev–Trinajstić information content (AvgIpc) is 2.88. The lowest BCUT2D eigenvalue weighted by Gasteiger charge is -2.17. The summed E-state index contributed by atoms with van der Waals surface area (Å²) >= 11 is 1.52. The van der Waals surface area contributed by atoms with E-state index in [4.69, 9.17) is 0 Å². The van der Waals surface area contributed by atoms with E-state index in [9.17, 15) is 4.79 Å². The molecular weight excluding hydrogens is 268 g/mol. The van der Waals surface area contributed by atoms with Crippen molar-refractivity contribution in [2.75, 3.05) is 7.05 Å². The Morgan fingerprint density at radius 3 is 2.50 bits per heavy atom. The van der Waals surface area contributed by atoms with Crippen LogP contribution in [0.25, 0.3) is 0 Å². The first-order valence-electron chi connectivity index (χ1n) is 6.61. The van der Waals surface area contributed by atoms with Crippen LogP contribution in [0.1, 0.15) is 41.6 Å². The molecule has 0 aliphatic rings. The molecule has 3 nitrogen and oxygen atoms in total. The number of pyridine rings is 1. The van der Waals surface area contributed by atoms with E-state index in [2.05, 4.69) is 31.1 Å². The highest BCUT2D eigenvalue weighted by molar-refractivity contribution is 7.12. The van der Waals surface area contributed by atoms with Crippen LogP contribution in [0.5, 0.6) is 0 Å². The van der Waals surface area contributed by atoms with E-state index in [-0.39, 0.29) is 11.3 Å². The summed E-state index contributed by atoms with van der Waals surface area (Å²) in [6, 6.07) is 5.87. The molecule has 0 bridgehead atoms. The summed E-state index contributed by atoms with van der Waals surface area (Å²) in [5.41, 5.74) is 2.38. The minimum atomic E-state index is 0.0716. The van der Waals surface area contributed by atoms with Crippen LogP contribution in [0, 0.1) is 0 Å². The zero-order valence-corrected chi connectivity index (χ0v) is 13.2. The Labute approximate surface area is 124 Å². The molecule has 2 heterocycles. The van der Waals surface area contributed by atoms with Crippen LogP contribution in [0.2, 0.25) is 0 Å². The molecule has 1 amide bonds. The molecule has 0 fully saturated rings. The number of carbonyl (C=O) groups is 1. The van der Waals surface area contributed by atoms with Gasteiger partial charge in [0.25, 0.3) is 5.91 Å². The van der Waals surface area contributed by atoms with Crippen LogP contribution in [0.3, 0.4) is 0 Å². The Balaban J connectivity index is 2.09. The summed E-state index contributed by atoms with van der Waals surface area (Å²) in [4.78, 5) is 18.9. The Kier molecular flexibility index (Phi) is 4.23. The highest BCUT2D eigenvalue weighted by atomic mass is 32.1. The summed E-state index contributed by atoms with van der Waals surface area (Å²) in [5.74, 6) is 0.0716. The molecule has 20 heavy (non-hydrogen) atoms. The van der Waals surface area contributed by atoms with Gasteiger partial charge in [0.1, 0.15) is 0 Å². The maximum absolute atomic E-state index is 12.4. The van der Waals surface area contributed by atoms with Gasteiger partial charge < -0.3 is 4.90 Å². The Bertz CT molecular complexity index is 584. The monoisotopic (exact) mass is 288 g/mol. The largest absolute Gasteiger partial charge is 0.337 e. The summed E-state index contributed by atoms with van der Waals surface area (Å²) < 4.78 is 0. The predicted octanol–water partition coefficient (Wildman–Crippen LogP) is 3.71. The molecule has 4 heteroatoms. The number of thiophene rings is 1. The average molecular weight is 288 g/mol. The maximum atomic E-state index is 12.4. The van der Waals surface area contributed by atoms with Crippen molar-refractivity contribution in [1.29, 1.82) is 0 Å². The van der Waals surface area contributed by atoms with Crippen LogP contribution in [0.4, 0.5) is 0 Å². The lowest BCUT2D eigenvalue weighted by atomic mass is 9.89. The van der Waals surface area contributed by atoms with Crippen molar-refractivity contribution < 1.29 is 4.79 Å². The fourth-order valence-corrected chi connectivity index (χ4v) is 2.99. The van der Waals surface area contributed by atoms with Crippen molar-refractivity contribution >= 4 is 17.2 Å². The number of nitrogens with zero attached hydrogens (tertiary/aromatic N) is 2. The van der Waals surface area contributed by atoms with Gasteiger partial charge in [0.15, 0.2) is 0 Å². The molecule has 106 valence electrons. The van der Waals surface area contributed by atoms with Gasteiger partial charge >= 0.3 is 0 Å². The van der Waals surface area contributed by atoms with E-state index in [0.717, 1.165) is 10.4 Å². The molecule has 2 rings (SSSR count). The minimum Gasteiger partial charge on any atom is -0.337 e. The van der Waals surface area contributed by atoms with E-state index in [1.54, 1.807) is 17.3 Å². The first-order valence-corrected chi connectivity index (χ1v) is 7.49. The zero-order chi connectivity index (χ0) is 14.8. The second kappa shape index (κ2) is 5.75. The standard InChI is InChI=1S/C16H20N2OS/c1-16(2,3)13-9-14(20-11-13)15(19)18(4)10-12-5-7-17-8-6-12/h5-9,11H,10H2,1-4H3. The smallest absolute Gasteiger partial charge is 0.263 e. The van der Waals surface area contributed by atoms with E-state index in [0.29, 0.717) is 6.54 Å². The normalized spacial score (nSPS) is 11.4. The Morgan fingerprint density at radius 2 is 1.95 bits per heavy atom. The second-order valence-electron chi connectivity index (χ2n) is 5.97. The molecule has 0 aliphatic carbocycles. The van der Waals surface area contributed by atoms with E-state index < -0.39 is 0 Å². The third kappa shape index (κ3) is 3.45. The first-order chi connectivity index (χ1) is 9.38. The quantitative estimate of drug-likeness (QED) is 0.862. The molecule has 0 saturated carbocycles. The summed E-state index contributed by atoms with van der Waals surface area (Å²) in [6.07, 6.45) is 3.49. The van der Waals surface area contributed by atoms with Crippen molar-refractivity contribution in [3.05, 3.63) is 52.0 Å². The highest BCUT2D eigenvalue weighted by Gasteiger charge is 2.20. The molecule has 0 radical (unpaired) electrons. The lowest BCUT2D eigenvalue weighted by molar-refractivity contribution is 0.0790. The fourth-order valence-electron chi connectivity index (χ4n) is 1.86. The molecule has 0 aliphatic heterocycles. The van der Waals surface area contributed by atoms with Gasteiger partial charge in [-0.25, -0.2) is 0 Å². The van der Waals surface area contributed by atoms with Gasteiger partial charge in [-0.1, -0.05) is 20.8 Å². The van der Waals surface area contributed by atoms with Gasteiger partial charge in [0, 0.05) is 26.0 Å². The van der Waals surface area contributed by atoms with E-state index in [1.165, 1.54) is 16.9 Å². The number of hydrogen-bond donors (Lipinski definition) is 0. The fraction of sp³-hybridized carbons (Fsp3) is 0.375. The van der Waals surface area contributed by atoms with Crippen molar-refractivity contribution in [2.45, 2.75) is 32.7 Å². The number of hydrogen-bond acceptors (Lipinski definition) is 3. The van der Waals surface area contributed by atoms with Gasteiger partial charge in [-0.05, 0) is 40.1 Å². The zero-order valence-electron chi connectivity index (χ0n) is 12.4. The molecule has 2 aromatic rings. The molecular formula is C16H20N2OS. The number of amides is 1. The van der Waals surface area contributed by atoms with Crippen LogP contribution in [-0.2, 0) is 12.0 Å². The molecule has 0 N–H and O–H groups in total. The van der Waals surface area contributed by atoms with Crippen molar-refractivity contribution in [3.8, 4) is 0 Å². The number of aromatic nitrogens is 1. The molecule has 0 spiro atoms. The van der Waals surface area contributed by atoms with Gasteiger partial charge in [0.05, 0.1) is 4.88 Å². The van der Waals surface area contributed by atoms with E-state index >= 15 is 0 Å². The molecule has 2 aromatic heterocycles. The molecule has 0 saturated heterocycles. The number of carbonyl (C=O) groups excluding carboxylic acids is 1. The SMILES string of the molecule is CN(Cc1ccncc1)C(=O)c1cc(C(C)(C)C)cs1. The molecule has 0 unspecified atom stereocenters. The summed E-state index contributed by atoms with van der Waals surface area (Å²) in [5, 5.41) is 2.08. The summed E-state index contributed by atoms with van der Waals surface area (Å²) in [6.45, 7) is 7.07. The van der Waals surface area contributed by atoms with Crippen LogP contribution in [-0.4, -0.2) is 22.8 Å². The van der Waals surface area contributed by atoms with Crippen molar-refractivity contribution in [1.82, 2.24) is 9.88 Å². The van der Waals surface area contributed by atoms with Gasteiger partial charge in [0.2, 0.25) is 0 Å². The summed E-state index contributed by atoms with van der Waals surface area (Å²) in [7, 11) is 1.83. The van der Waals surface area contributed by atoms with Gasteiger partial charge in [-0.2, -0.15) is 0 Å². The van der Waals surface area contributed by atoms with Crippen LogP contribution in [0.15, 0.2) is 36.0 Å². The topological polar surface area (TPSA) is 33.2 Å². The third-order valence-electron chi connectivity index (χ3n) is 3.19. The van der Waals surface area contributed by atoms with Gasteiger partial charge in [-0.15, -0.1) is 11.3 Å². The molecule has 0 aromatic carbocycles. The van der Waals surface area contributed by atoms with Gasteiger partial charge in [-0.3, -0.25) is 9.78 Å². The van der Waals surface area contributed by atoms with E-state index in [1.807, 2.05) is 25.2 Å².